The third kappa shape index (κ3) is 5.30. The molecule has 10 nitrogen and oxygen atoms in total. The Hall–Kier alpha value is -4.38. The zero-order valence-electron chi connectivity index (χ0n) is 21.9. The van der Waals surface area contributed by atoms with Gasteiger partial charge in [0.1, 0.15) is 16.4 Å². The first-order chi connectivity index (χ1) is 18.7. The number of nitrogens with zero attached hydrogens (tertiary/aromatic N) is 2. The van der Waals surface area contributed by atoms with Crippen LogP contribution in [-0.4, -0.2) is 53.2 Å². The number of hydrogen-bond donors (Lipinski definition) is 2. The van der Waals surface area contributed by atoms with Gasteiger partial charge in [-0.1, -0.05) is 36.5 Å². The van der Waals surface area contributed by atoms with E-state index < -0.39 is 29.5 Å². The summed E-state index contributed by atoms with van der Waals surface area (Å²) < 4.78 is 16.0. The summed E-state index contributed by atoms with van der Waals surface area (Å²) in [6.07, 6.45) is 0.783. The first-order valence-electron chi connectivity index (χ1n) is 12.3. The molecule has 2 aromatic carbocycles. The topological polar surface area (TPSA) is 135 Å². The van der Waals surface area contributed by atoms with Crippen LogP contribution in [0.2, 0.25) is 0 Å². The Morgan fingerprint density at radius 1 is 1.15 bits per heavy atom. The summed E-state index contributed by atoms with van der Waals surface area (Å²) in [6.45, 7) is 5.86. The van der Waals surface area contributed by atoms with Crippen molar-refractivity contribution in [1.29, 1.82) is 0 Å². The van der Waals surface area contributed by atoms with E-state index in [-0.39, 0.29) is 39.3 Å². The molecule has 1 fully saturated rings. The number of aryl methyl sites for hydroxylation is 1. The molecule has 3 aromatic rings. The van der Waals surface area contributed by atoms with Gasteiger partial charge in [0, 0.05) is 5.56 Å². The van der Waals surface area contributed by atoms with E-state index in [9.17, 15) is 24.6 Å². The molecule has 1 aliphatic heterocycles. The van der Waals surface area contributed by atoms with Crippen molar-refractivity contribution in [2.45, 2.75) is 33.2 Å². The maximum absolute atomic E-state index is 13.5. The number of benzene rings is 2. The number of esters is 1. The molecule has 39 heavy (non-hydrogen) atoms. The molecule has 1 amide bonds. The first-order valence-corrected chi connectivity index (χ1v) is 13.1. The first kappa shape index (κ1) is 27.6. The number of carbonyl (C=O) groups is 3. The molecule has 11 heteroatoms. The number of ketones is 1. The molecule has 1 saturated heterocycles. The summed E-state index contributed by atoms with van der Waals surface area (Å²) in [7, 11) is 1.37. The number of aliphatic hydroxyl groups excluding tert-OH is 1. The van der Waals surface area contributed by atoms with Crippen LogP contribution in [0.3, 0.4) is 0 Å². The van der Waals surface area contributed by atoms with Crippen molar-refractivity contribution >= 4 is 39.9 Å². The lowest BCUT2D eigenvalue weighted by molar-refractivity contribution is -0.132. The van der Waals surface area contributed by atoms with Gasteiger partial charge in [0.25, 0.3) is 5.78 Å². The number of ether oxygens (including phenoxy) is 3. The largest absolute Gasteiger partial charge is 0.507 e. The molecule has 1 aromatic heterocycles. The Bertz CT molecular complexity index is 1460. The van der Waals surface area contributed by atoms with E-state index in [1.807, 2.05) is 6.92 Å². The molecule has 0 spiro atoms. The summed E-state index contributed by atoms with van der Waals surface area (Å²) >= 11 is 0.906. The van der Waals surface area contributed by atoms with Crippen molar-refractivity contribution < 1.29 is 38.8 Å². The molecule has 1 atom stereocenters. The van der Waals surface area contributed by atoms with Gasteiger partial charge >= 0.3 is 11.9 Å². The fraction of sp³-hybridized carbons (Fsp3) is 0.286. The zero-order chi connectivity index (χ0) is 28.3. The van der Waals surface area contributed by atoms with Crippen LogP contribution in [0.4, 0.5) is 5.13 Å². The van der Waals surface area contributed by atoms with Gasteiger partial charge in [-0.3, -0.25) is 14.5 Å². The maximum Gasteiger partial charge on any atom is 0.350 e. The van der Waals surface area contributed by atoms with Crippen molar-refractivity contribution in [2.75, 3.05) is 25.2 Å². The maximum atomic E-state index is 13.5. The van der Waals surface area contributed by atoms with E-state index in [0.717, 1.165) is 22.7 Å². The lowest BCUT2D eigenvalue weighted by Gasteiger charge is -2.23. The Morgan fingerprint density at radius 2 is 1.92 bits per heavy atom. The van der Waals surface area contributed by atoms with Crippen molar-refractivity contribution in [3.63, 3.8) is 0 Å². The van der Waals surface area contributed by atoms with Gasteiger partial charge in [-0.05, 0) is 50.1 Å². The van der Waals surface area contributed by atoms with Crippen LogP contribution in [0.1, 0.15) is 52.8 Å². The smallest absolute Gasteiger partial charge is 0.350 e. The van der Waals surface area contributed by atoms with Crippen LogP contribution in [0.15, 0.2) is 48.0 Å². The van der Waals surface area contributed by atoms with Crippen molar-refractivity contribution in [2.24, 2.45) is 0 Å². The molecule has 1 aliphatic rings. The Kier molecular flexibility index (Phi) is 8.20. The number of Topliss-reactive ketones (excluding diaryl/α,β-unsaturated/α-hetero) is 1. The zero-order valence-corrected chi connectivity index (χ0v) is 22.7. The van der Waals surface area contributed by atoms with E-state index in [0.29, 0.717) is 23.6 Å². The number of aromatic hydroxyl groups is 1. The molecule has 0 radical (unpaired) electrons. The van der Waals surface area contributed by atoms with E-state index in [2.05, 4.69) is 4.98 Å². The molecular weight excluding hydrogens is 524 g/mol. The molecule has 0 aliphatic carbocycles. The van der Waals surface area contributed by atoms with Crippen molar-refractivity contribution in [1.82, 2.24) is 4.98 Å². The number of carbonyl (C=O) groups excluding carboxylic acids is 3. The molecule has 2 N–H and O–H groups in total. The quantitative estimate of drug-likeness (QED) is 0.167. The lowest BCUT2D eigenvalue weighted by atomic mass is 9.95. The molecule has 204 valence electrons. The molecule has 0 bridgehead atoms. The van der Waals surface area contributed by atoms with E-state index in [4.69, 9.17) is 14.2 Å². The van der Waals surface area contributed by atoms with Crippen LogP contribution in [-0.2, 0) is 14.3 Å². The Morgan fingerprint density at radius 3 is 2.62 bits per heavy atom. The normalized spacial score (nSPS) is 16.4. The van der Waals surface area contributed by atoms with E-state index in [1.165, 1.54) is 25.3 Å². The van der Waals surface area contributed by atoms with Crippen LogP contribution < -0.4 is 14.4 Å². The Labute approximate surface area is 229 Å². The number of phenols is 1. The average Bonchev–Trinajstić information content (AvgIpc) is 3.44. The SMILES string of the molecule is CCCOc1cccc(/C(O)=C2\C(=O)C(=O)N(c3nc(C)c(C(=O)OCC)s3)C2c2ccc(O)c(OC)c2)c1. The van der Waals surface area contributed by atoms with Crippen molar-refractivity contribution in [3.8, 4) is 17.2 Å². The number of aliphatic hydroxyl groups is 1. The fourth-order valence-corrected chi connectivity index (χ4v) is 5.18. The number of thiazole rings is 1. The summed E-state index contributed by atoms with van der Waals surface area (Å²) in [4.78, 5) is 45.1. The Balaban J connectivity index is 1.91. The summed E-state index contributed by atoms with van der Waals surface area (Å²) in [6, 6.07) is 9.79. The van der Waals surface area contributed by atoms with Crippen LogP contribution >= 0.6 is 11.3 Å². The number of aromatic nitrogens is 1. The second-order valence-electron chi connectivity index (χ2n) is 8.61. The number of hydrogen-bond acceptors (Lipinski definition) is 10. The number of methoxy groups -OCH3 is 1. The predicted octanol–water partition coefficient (Wildman–Crippen LogP) is 4.76. The standard InChI is InChI=1S/C28H28N2O8S/c1-5-12-38-18-9-7-8-17(13-18)23(32)21-22(16-10-11-19(31)20(14-16)36-4)30(26(34)24(21)33)28-29-15(3)25(39-28)27(35)37-6-2/h7-11,13-14,22,31-32H,5-6,12H2,1-4H3/b23-21+. The second kappa shape index (κ2) is 11.6. The molecule has 2 heterocycles. The minimum Gasteiger partial charge on any atom is -0.507 e. The average molecular weight is 553 g/mol. The monoisotopic (exact) mass is 552 g/mol. The molecule has 1 unspecified atom stereocenters. The van der Waals surface area contributed by atoms with E-state index >= 15 is 0 Å². The van der Waals surface area contributed by atoms with Gasteiger partial charge in [-0.2, -0.15) is 0 Å². The highest BCUT2D eigenvalue weighted by Crippen LogP contribution is 2.45. The number of rotatable bonds is 9. The van der Waals surface area contributed by atoms with Gasteiger partial charge in [-0.15, -0.1) is 0 Å². The number of amides is 1. The molecule has 4 rings (SSSR count). The third-order valence-electron chi connectivity index (χ3n) is 6.00. The summed E-state index contributed by atoms with van der Waals surface area (Å²) in [5.41, 5.74) is 0.790. The highest BCUT2D eigenvalue weighted by atomic mass is 32.1. The molecular formula is C28H28N2O8S. The van der Waals surface area contributed by atoms with Gasteiger partial charge in [0.15, 0.2) is 16.6 Å². The second-order valence-corrected chi connectivity index (χ2v) is 9.59. The van der Waals surface area contributed by atoms with E-state index in [1.54, 1.807) is 38.1 Å². The lowest BCUT2D eigenvalue weighted by Crippen LogP contribution is -2.29. The fourth-order valence-electron chi connectivity index (χ4n) is 4.19. The number of phenolic OH excluding ortho intramolecular Hbond substituents is 1. The minimum atomic E-state index is -1.14. The minimum absolute atomic E-state index is 0.0776. The van der Waals surface area contributed by atoms with Gasteiger partial charge in [-0.25, -0.2) is 9.78 Å². The predicted molar refractivity (Wildman–Crippen MR) is 144 cm³/mol. The van der Waals surface area contributed by atoms with Crippen LogP contribution in [0, 0.1) is 6.92 Å². The third-order valence-corrected chi connectivity index (χ3v) is 7.13. The molecule has 0 saturated carbocycles. The highest BCUT2D eigenvalue weighted by molar-refractivity contribution is 7.17. The van der Waals surface area contributed by atoms with Crippen LogP contribution in [0.25, 0.3) is 5.76 Å². The number of anilines is 1. The summed E-state index contributed by atoms with van der Waals surface area (Å²) in [5.74, 6) is -2.42. The summed E-state index contributed by atoms with van der Waals surface area (Å²) in [5, 5.41) is 21.6. The van der Waals surface area contributed by atoms with Crippen LogP contribution in [0.5, 0.6) is 17.2 Å². The highest BCUT2D eigenvalue weighted by Gasteiger charge is 2.48. The van der Waals surface area contributed by atoms with Gasteiger partial charge < -0.3 is 24.4 Å². The van der Waals surface area contributed by atoms with Gasteiger partial charge in [0.05, 0.1) is 37.6 Å². The van der Waals surface area contributed by atoms with Crippen molar-refractivity contribution in [3.05, 3.63) is 69.7 Å². The van der Waals surface area contributed by atoms with Gasteiger partial charge in [0.2, 0.25) is 0 Å².